The van der Waals surface area contributed by atoms with Crippen LogP contribution in [0.15, 0.2) is 24.5 Å². The van der Waals surface area contributed by atoms with E-state index in [4.69, 9.17) is 9.97 Å². The second-order valence-corrected chi connectivity index (χ2v) is 9.08. The van der Waals surface area contributed by atoms with E-state index in [0.717, 1.165) is 94.0 Å². The van der Waals surface area contributed by atoms with Crippen molar-refractivity contribution in [1.29, 1.82) is 0 Å². The van der Waals surface area contributed by atoms with Crippen molar-refractivity contribution < 1.29 is 5.11 Å². The van der Waals surface area contributed by atoms with Gasteiger partial charge in [-0.05, 0) is 51.3 Å². The van der Waals surface area contributed by atoms with Crippen molar-refractivity contribution in [2.45, 2.75) is 57.6 Å². The Labute approximate surface area is 191 Å². The molecule has 2 aliphatic rings. The molecule has 0 bridgehead atoms. The molecule has 2 aromatic rings. The number of rotatable bonds is 8. The summed E-state index contributed by atoms with van der Waals surface area (Å²) in [4.78, 5) is 18.9. The van der Waals surface area contributed by atoms with E-state index in [1.54, 1.807) is 0 Å². The Balaban J connectivity index is 1.53. The lowest BCUT2D eigenvalue weighted by atomic mass is 9.93. The molecule has 8 heteroatoms. The second kappa shape index (κ2) is 10.9. The molecule has 1 saturated heterocycles. The van der Waals surface area contributed by atoms with Crippen molar-refractivity contribution in [3.63, 3.8) is 0 Å². The first kappa shape index (κ1) is 22.7. The predicted octanol–water partition coefficient (Wildman–Crippen LogP) is 3.22. The third-order valence-corrected chi connectivity index (χ3v) is 6.53. The lowest BCUT2D eigenvalue weighted by Crippen LogP contribution is -2.44. The van der Waals surface area contributed by atoms with Crippen LogP contribution in [0.4, 0.5) is 17.5 Å². The van der Waals surface area contributed by atoms with Gasteiger partial charge in [-0.15, -0.1) is 0 Å². The van der Waals surface area contributed by atoms with Crippen LogP contribution in [-0.2, 0) is 0 Å². The van der Waals surface area contributed by atoms with Gasteiger partial charge in [0.15, 0.2) is 0 Å². The average molecular weight is 440 g/mol. The zero-order chi connectivity index (χ0) is 22.3. The fourth-order valence-electron chi connectivity index (χ4n) is 4.35. The van der Waals surface area contributed by atoms with Gasteiger partial charge in [-0.25, -0.2) is 4.98 Å². The summed E-state index contributed by atoms with van der Waals surface area (Å²) in [5.41, 5.74) is 2.96. The third kappa shape index (κ3) is 5.86. The summed E-state index contributed by atoms with van der Waals surface area (Å²) in [6.45, 7) is 7.24. The first-order valence-electron chi connectivity index (χ1n) is 12.1. The number of pyridine rings is 1. The Morgan fingerprint density at radius 3 is 2.50 bits per heavy atom. The number of aromatic nitrogens is 3. The van der Waals surface area contributed by atoms with E-state index in [2.05, 4.69) is 51.5 Å². The number of hydrogen-bond acceptors (Lipinski definition) is 8. The molecule has 174 valence electrons. The molecule has 0 aromatic carbocycles. The molecule has 0 atom stereocenters. The average Bonchev–Trinajstić information content (AvgIpc) is 2.82. The first-order chi connectivity index (χ1) is 15.6. The minimum atomic E-state index is -0.173. The van der Waals surface area contributed by atoms with Crippen LogP contribution in [0.2, 0.25) is 0 Å². The third-order valence-electron chi connectivity index (χ3n) is 6.53. The molecular weight excluding hydrogens is 402 g/mol. The maximum Gasteiger partial charge on any atom is 0.224 e. The highest BCUT2D eigenvalue weighted by atomic mass is 16.3. The van der Waals surface area contributed by atoms with Gasteiger partial charge in [-0.3, -0.25) is 4.98 Å². The lowest BCUT2D eigenvalue weighted by Gasteiger charge is -2.33. The minimum Gasteiger partial charge on any atom is -0.393 e. The summed E-state index contributed by atoms with van der Waals surface area (Å²) in [6, 6.07) is 4.54. The molecule has 2 fully saturated rings. The lowest BCUT2D eigenvalue weighted by molar-refractivity contribution is 0.126. The largest absolute Gasteiger partial charge is 0.393 e. The summed E-state index contributed by atoms with van der Waals surface area (Å²) in [5, 5.41) is 16.8. The number of unbranched alkanes of at least 4 members (excludes halogenated alkanes) is 1. The normalized spacial score (nSPS) is 22.0. The zero-order valence-electron chi connectivity index (χ0n) is 19.4. The molecule has 1 aliphatic carbocycles. The van der Waals surface area contributed by atoms with Crippen LogP contribution < -0.4 is 15.5 Å². The van der Waals surface area contributed by atoms with E-state index in [-0.39, 0.29) is 6.10 Å². The van der Waals surface area contributed by atoms with E-state index in [1.165, 1.54) is 0 Å². The quantitative estimate of drug-likeness (QED) is 0.540. The number of piperazine rings is 1. The van der Waals surface area contributed by atoms with Gasteiger partial charge < -0.3 is 25.5 Å². The van der Waals surface area contributed by atoms with Crippen molar-refractivity contribution in [2.75, 3.05) is 55.3 Å². The summed E-state index contributed by atoms with van der Waals surface area (Å²) in [6.07, 6.45) is 9.43. The minimum absolute atomic E-state index is 0.173. The zero-order valence-corrected chi connectivity index (χ0v) is 19.4. The van der Waals surface area contributed by atoms with Crippen molar-refractivity contribution in [2.24, 2.45) is 0 Å². The van der Waals surface area contributed by atoms with Gasteiger partial charge in [0, 0.05) is 45.0 Å². The van der Waals surface area contributed by atoms with Crippen LogP contribution in [0.1, 0.15) is 45.4 Å². The van der Waals surface area contributed by atoms with Crippen molar-refractivity contribution in [3.8, 4) is 11.3 Å². The van der Waals surface area contributed by atoms with Crippen LogP contribution in [0.5, 0.6) is 0 Å². The number of anilines is 3. The second-order valence-electron chi connectivity index (χ2n) is 9.08. The molecule has 8 nitrogen and oxygen atoms in total. The van der Waals surface area contributed by atoms with Gasteiger partial charge in [-0.1, -0.05) is 13.3 Å². The topological polar surface area (TPSA) is 89.4 Å². The van der Waals surface area contributed by atoms with E-state index >= 15 is 0 Å². The first-order valence-corrected chi connectivity index (χ1v) is 12.1. The van der Waals surface area contributed by atoms with Gasteiger partial charge >= 0.3 is 0 Å². The van der Waals surface area contributed by atoms with Crippen LogP contribution in [0.3, 0.4) is 0 Å². The van der Waals surface area contributed by atoms with Crippen LogP contribution in [0.25, 0.3) is 11.3 Å². The number of hydrogen-bond donors (Lipinski definition) is 3. The molecule has 1 saturated carbocycles. The van der Waals surface area contributed by atoms with Gasteiger partial charge in [-0.2, -0.15) is 4.98 Å². The molecule has 0 unspecified atom stereocenters. The summed E-state index contributed by atoms with van der Waals surface area (Å²) >= 11 is 0. The fraction of sp³-hybridized carbons (Fsp3) is 0.625. The summed E-state index contributed by atoms with van der Waals surface area (Å²) in [7, 11) is 2.17. The number of nitrogens with zero attached hydrogens (tertiary/aromatic N) is 5. The van der Waals surface area contributed by atoms with Gasteiger partial charge in [0.25, 0.3) is 0 Å². The van der Waals surface area contributed by atoms with Gasteiger partial charge in [0.05, 0.1) is 29.2 Å². The number of aliphatic hydroxyl groups is 1. The Hall–Kier alpha value is -2.45. The molecule has 0 amide bonds. The van der Waals surface area contributed by atoms with E-state index < -0.39 is 0 Å². The number of nitrogens with one attached hydrogen (secondary N) is 2. The summed E-state index contributed by atoms with van der Waals surface area (Å²) in [5.74, 6) is 1.47. The highest BCUT2D eigenvalue weighted by Gasteiger charge is 2.22. The van der Waals surface area contributed by atoms with E-state index in [9.17, 15) is 5.11 Å². The maximum absolute atomic E-state index is 9.86. The Bertz CT molecular complexity index is 844. The highest BCUT2D eigenvalue weighted by Crippen LogP contribution is 2.30. The summed E-state index contributed by atoms with van der Waals surface area (Å²) < 4.78 is 0. The Morgan fingerprint density at radius 2 is 1.81 bits per heavy atom. The molecule has 0 radical (unpaired) electrons. The molecule has 3 N–H and O–H groups in total. The standard InChI is InChI=1S/C24H37N7O/c1-3-4-11-25-24-27-17-21(23(29-24)28-18-5-8-20(32)9-6-18)22-10-7-19(16-26-22)31-14-12-30(2)13-15-31/h7,10,16-18,20,32H,3-6,8-9,11-15H2,1-2H3,(H2,25,27,28,29)/t18-,20-. The van der Waals surface area contributed by atoms with Crippen molar-refractivity contribution in [3.05, 3.63) is 24.5 Å². The molecule has 32 heavy (non-hydrogen) atoms. The SMILES string of the molecule is CCCCNc1ncc(-c2ccc(N3CCN(C)CC3)cn2)c(N[C@H]2CC[C@H](O)CC2)n1. The molecule has 3 heterocycles. The number of likely N-dealkylation sites (N-methyl/N-ethyl adjacent to an activating group) is 1. The molecule has 2 aromatic heterocycles. The van der Waals surface area contributed by atoms with E-state index in [1.807, 2.05) is 12.4 Å². The fourth-order valence-corrected chi connectivity index (χ4v) is 4.35. The van der Waals surface area contributed by atoms with Crippen molar-refractivity contribution in [1.82, 2.24) is 19.9 Å². The predicted molar refractivity (Wildman–Crippen MR) is 130 cm³/mol. The highest BCUT2D eigenvalue weighted by molar-refractivity contribution is 5.73. The van der Waals surface area contributed by atoms with Gasteiger partial charge in [0.1, 0.15) is 5.82 Å². The van der Waals surface area contributed by atoms with Crippen LogP contribution in [0, 0.1) is 0 Å². The Kier molecular flexibility index (Phi) is 7.76. The molecule has 0 spiro atoms. The monoisotopic (exact) mass is 439 g/mol. The maximum atomic E-state index is 9.86. The molecule has 1 aliphatic heterocycles. The van der Waals surface area contributed by atoms with Crippen molar-refractivity contribution >= 4 is 17.5 Å². The molecular formula is C24H37N7O. The van der Waals surface area contributed by atoms with E-state index in [0.29, 0.717) is 12.0 Å². The molecule has 4 rings (SSSR count). The Morgan fingerprint density at radius 1 is 1.03 bits per heavy atom. The van der Waals surface area contributed by atoms with Crippen LogP contribution in [-0.4, -0.2) is 76.9 Å². The number of aliphatic hydroxyl groups excluding tert-OH is 1. The van der Waals surface area contributed by atoms with Crippen LogP contribution >= 0.6 is 0 Å². The smallest absolute Gasteiger partial charge is 0.224 e. The van der Waals surface area contributed by atoms with Gasteiger partial charge in [0.2, 0.25) is 5.95 Å².